The molecule has 0 atom stereocenters. The fourth-order valence-corrected chi connectivity index (χ4v) is 3.52. The van der Waals surface area contributed by atoms with Crippen LogP contribution in [0.1, 0.15) is 31.9 Å². The van der Waals surface area contributed by atoms with Gasteiger partial charge in [-0.3, -0.25) is 4.79 Å². The lowest BCUT2D eigenvalue weighted by Gasteiger charge is -2.19. The van der Waals surface area contributed by atoms with Crippen LogP contribution in [-0.4, -0.2) is 0 Å². The minimum Gasteiger partial charge on any atom is -0.489 e. The van der Waals surface area contributed by atoms with Gasteiger partial charge in [0.2, 0.25) is 11.2 Å². The number of hydrogen-bond acceptors (Lipinski definition) is 4. The highest BCUT2D eigenvalue weighted by Gasteiger charge is 2.14. The molecule has 1 heterocycles. The fourth-order valence-electron chi connectivity index (χ4n) is 3.20. The Balaban J connectivity index is 1.51. The van der Waals surface area contributed by atoms with E-state index in [-0.39, 0.29) is 16.6 Å². The normalized spacial score (nSPS) is 11.5. The summed E-state index contributed by atoms with van der Waals surface area (Å²) in [5.74, 6) is 1.27. The van der Waals surface area contributed by atoms with E-state index in [1.807, 2.05) is 30.3 Å². The fraction of sp³-hybridized carbons (Fsp3) is 0.192. The first-order valence-electron chi connectivity index (χ1n) is 10.1. The minimum atomic E-state index is -0.248. The van der Waals surface area contributed by atoms with Gasteiger partial charge in [-0.15, -0.1) is 0 Å². The molecule has 0 fully saturated rings. The summed E-state index contributed by atoms with van der Waals surface area (Å²) in [5.41, 5.74) is 2.27. The van der Waals surface area contributed by atoms with Crippen LogP contribution in [0.5, 0.6) is 17.2 Å². The van der Waals surface area contributed by atoms with Gasteiger partial charge in [-0.1, -0.05) is 62.2 Å². The summed E-state index contributed by atoms with van der Waals surface area (Å²) in [6, 6.07) is 18.1. The average molecular weight is 469 g/mol. The van der Waals surface area contributed by atoms with E-state index in [1.165, 1.54) is 11.8 Å². The summed E-state index contributed by atoms with van der Waals surface area (Å²) in [6.45, 7) is 6.73. The van der Waals surface area contributed by atoms with E-state index in [2.05, 4.69) is 20.8 Å². The van der Waals surface area contributed by atoms with Crippen molar-refractivity contribution >= 4 is 34.2 Å². The molecule has 4 nitrogen and oxygen atoms in total. The molecule has 1 aromatic heterocycles. The summed E-state index contributed by atoms with van der Waals surface area (Å²) < 4.78 is 17.2. The molecular formula is C26H22Cl2O4. The zero-order valence-corrected chi connectivity index (χ0v) is 19.5. The maximum absolute atomic E-state index is 12.9. The Morgan fingerprint density at radius 3 is 2.28 bits per heavy atom. The second-order valence-corrected chi connectivity index (χ2v) is 9.32. The van der Waals surface area contributed by atoms with Crippen molar-refractivity contribution in [2.75, 3.05) is 0 Å². The SMILES string of the molecule is CC(C)(C)c1ccc(Oc2coc3cc(OCc4ccc(Cl)c(Cl)c4)ccc3c2=O)cc1. The van der Waals surface area contributed by atoms with Crippen LogP contribution in [0.25, 0.3) is 11.0 Å². The number of fused-ring (bicyclic) bond motifs is 1. The van der Waals surface area contributed by atoms with Gasteiger partial charge < -0.3 is 13.9 Å². The highest BCUT2D eigenvalue weighted by atomic mass is 35.5. The lowest BCUT2D eigenvalue weighted by Crippen LogP contribution is -2.10. The van der Waals surface area contributed by atoms with Crippen molar-refractivity contribution in [3.05, 3.63) is 98.3 Å². The molecular weight excluding hydrogens is 447 g/mol. The van der Waals surface area contributed by atoms with Crippen LogP contribution in [0.15, 0.2) is 76.1 Å². The first kappa shape index (κ1) is 22.3. The molecule has 0 bridgehead atoms. The van der Waals surface area contributed by atoms with Gasteiger partial charge in [0.15, 0.2) is 0 Å². The van der Waals surface area contributed by atoms with Crippen molar-refractivity contribution in [2.24, 2.45) is 0 Å². The topological polar surface area (TPSA) is 48.7 Å². The summed E-state index contributed by atoms with van der Waals surface area (Å²) >= 11 is 12.0. The molecule has 3 aromatic carbocycles. The summed E-state index contributed by atoms with van der Waals surface area (Å²) in [4.78, 5) is 12.9. The number of benzene rings is 3. The molecule has 6 heteroatoms. The van der Waals surface area contributed by atoms with Gasteiger partial charge in [-0.2, -0.15) is 0 Å². The molecule has 0 aliphatic rings. The van der Waals surface area contributed by atoms with Crippen molar-refractivity contribution < 1.29 is 13.9 Å². The molecule has 4 aromatic rings. The Kier molecular flexibility index (Phi) is 6.18. The molecule has 0 unspecified atom stereocenters. The maximum Gasteiger partial charge on any atom is 0.235 e. The Morgan fingerprint density at radius 1 is 0.875 bits per heavy atom. The summed E-state index contributed by atoms with van der Waals surface area (Å²) in [5, 5.41) is 1.37. The van der Waals surface area contributed by atoms with E-state index in [0.29, 0.717) is 39.1 Å². The van der Waals surface area contributed by atoms with Gasteiger partial charge in [-0.25, -0.2) is 0 Å². The second kappa shape index (κ2) is 8.89. The molecule has 0 spiro atoms. The lowest BCUT2D eigenvalue weighted by atomic mass is 9.87. The van der Waals surface area contributed by atoms with E-state index >= 15 is 0 Å². The highest BCUT2D eigenvalue weighted by molar-refractivity contribution is 6.42. The molecule has 0 amide bonds. The zero-order chi connectivity index (χ0) is 22.9. The summed E-state index contributed by atoms with van der Waals surface area (Å²) in [6.07, 6.45) is 1.32. The van der Waals surface area contributed by atoms with E-state index in [1.54, 1.807) is 30.3 Å². The number of hydrogen-bond donors (Lipinski definition) is 0. The zero-order valence-electron chi connectivity index (χ0n) is 17.9. The average Bonchev–Trinajstić information content (AvgIpc) is 2.76. The van der Waals surface area contributed by atoms with Gasteiger partial charge in [0.05, 0.1) is 15.4 Å². The van der Waals surface area contributed by atoms with Crippen molar-refractivity contribution in [3.63, 3.8) is 0 Å². The maximum atomic E-state index is 12.9. The minimum absolute atomic E-state index is 0.0418. The predicted octanol–water partition coefficient (Wildman–Crippen LogP) is 7.77. The third kappa shape index (κ3) is 4.93. The van der Waals surface area contributed by atoms with Gasteiger partial charge in [0.1, 0.15) is 30.0 Å². The van der Waals surface area contributed by atoms with Crippen LogP contribution in [0.4, 0.5) is 0 Å². The number of halogens is 2. The third-order valence-electron chi connectivity index (χ3n) is 5.05. The van der Waals surface area contributed by atoms with Crippen LogP contribution < -0.4 is 14.9 Å². The summed E-state index contributed by atoms with van der Waals surface area (Å²) in [7, 11) is 0. The van der Waals surface area contributed by atoms with Crippen molar-refractivity contribution in [1.29, 1.82) is 0 Å². The Labute approximate surface area is 196 Å². The van der Waals surface area contributed by atoms with Gasteiger partial charge >= 0.3 is 0 Å². The molecule has 0 aliphatic heterocycles. The highest BCUT2D eigenvalue weighted by Crippen LogP contribution is 2.28. The second-order valence-electron chi connectivity index (χ2n) is 8.50. The number of rotatable bonds is 5. The van der Waals surface area contributed by atoms with Gasteiger partial charge in [0, 0.05) is 6.07 Å². The molecule has 4 rings (SSSR count). The van der Waals surface area contributed by atoms with E-state index in [9.17, 15) is 4.79 Å². The molecule has 0 radical (unpaired) electrons. The van der Waals surface area contributed by atoms with Crippen LogP contribution in [0.3, 0.4) is 0 Å². The standard InChI is InChI=1S/C26H22Cl2O4/c1-26(2,3)17-5-7-18(8-6-17)32-24-15-31-23-13-19(9-10-20(23)25(24)29)30-14-16-4-11-21(27)22(28)12-16/h4-13,15H,14H2,1-3H3. The van der Waals surface area contributed by atoms with Crippen LogP contribution in [-0.2, 0) is 12.0 Å². The van der Waals surface area contributed by atoms with Gasteiger partial charge in [-0.05, 0) is 52.9 Å². The predicted molar refractivity (Wildman–Crippen MR) is 128 cm³/mol. The first-order chi connectivity index (χ1) is 15.2. The molecule has 0 saturated heterocycles. The van der Waals surface area contributed by atoms with Gasteiger partial charge in [0.25, 0.3) is 0 Å². The molecule has 164 valence electrons. The molecule has 0 N–H and O–H groups in total. The van der Waals surface area contributed by atoms with Crippen LogP contribution in [0.2, 0.25) is 10.0 Å². The Hall–Kier alpha value is -2.95. The molecule has 32 heavy (non-hydrogen) atoms. The lowest BCUT2D eigenvalue weighted by molar-refractivity contribution is 0.306. The largest absolute Gasteiger partial charge is 0.489 e. The molecule has 0 saturated carbocycles. The number of ether oxygens (including phenoxy) is 2. The van der Waals surface area contributed by atoms with E-state index in [4.69, 9.17) is 37.1 Å². The van der Waals surface area contributed by atoms with Crippen molar-refractivity contribution in [3.8, 4) is 17.2 Å². The Bertz CT molecular complexity index is 1320. The van der Waals surface area contributed by atoms with E-state index < -0.39 is 0 Å². The first-order valence-corrected chi connectivity index (χ1v) is 10.9. The Morgan fingerprint density at radius 2 is 1.59 bits per heavy atom. The quantitative estimate of drug-likeness (QED) is 0.300. The van der Waals surface area contributed by atoms with Crippen molar-refractivity contribution in [1.82, 2.24) is 0 Å². The monoisotopic (exact) mass is 468 g/mol. The van der Waals surface area contributed by atoms with Crippen molar-refractivity contribution in [2.45, 2.75) is 32.8 Å². The van der Waals surface area contributed by atoms with Crippen LogP contribution >= 0.6 is 23.2 Å². The smallest absolute Gasteiger partial charge is 0.235 e. The third-order valence-corrected chi connectivity index (χ3v) is 5.79. The van der Waals surface area contributed by atoms with E-state index in [0.717, 1.165) is 5.56 Å². The molecule has 0 aliphatic carbocycles. The van der Waals surface area contributed by atoms with Crippen LogP contribution in [0, 0.1) is 0 Å².